The van der Waals surface area contributed by atoms with Crippen molar-refractivity contribution in [2.24, 2.45) is 0 Å². The Hall–Kier alpha value is -1.00. The minimum atomic E-state index is 0.323. The summed E-state index contributed by atoms with van der Waals surface area (Å²) in [5.41, 5.74) is 3.60. The first-order valence-electron chi connectivity index (χ1n) is 8.32. The van der Waals surface area contributed by atoms with Crippen LogP contribution in [0.5, 0.6) is 0 Å². The lowest BCUT2D eigenvalue weighted by Crippen LogP contribution is -2.24. The standard InChI is InChI=1S/C17H27N3O/c1-11(10-18-14-6-7-14)17-12(2)19-16(20-13(17)3)9-15-5-4-8-21-15/h11,14-15,18H,4-10H2,1-3H3. The van der Waals surface area contributed by atoms with E-state index >= 15 is 0 Å². The number of rotatable bonds is 6. The van der Waals surface area contributed by atoms with E-state index < -0.39 is 0 Å². The van der Waals surface area contributed by atoms with E-state index in [0.29, 0.717) is 12.0 Å². The molecule has 1 aromatic rings. The number of hydrogen-bond donors (Lipinski definition) is 1. The molecular formula is C17H27N3O. The van der Waals surface area contributed by atoms with Crippen LogP contribution in [0.1, 0.15) is 61.3 Å². The quantitative estimate of drug-likeness (QED) is 0.874. The van der Waals surface area contributed by atoms with E-state index in [1.807, 2.05) is 0 Å². The van der Waals surface area contributed by atoms with Crippen LogP contribution in [0.3, 0.4) is 0 Å². The van der Waals surface area contributed by atoms with E-state index in [9.17, 15) is 0 Å². The molecule has 0 radical (unpaired) electrons. The van der Waals surface area contributed by atoms with Crippen molar-refractivity contribution in [2.75, 3.05) is 13.2 Å². The van der Waals surface area contributed by atoms with E-state index in [4.69, 9.17) is 14.7 Å². The van der Waals surface area contributed by atoms with Crippen LogP contribution in [0, 0.1) is 13.8 Å². The zero-order valence-electron chi connectivity index (χ0n) is 13.5. The number of ether oxygens (including phenoxy) is 1. The first kappa shape index (κ1) is 14.9. The van der Waals surface area contributed by atoms with Crippen molar-refractivity contribution in [3.05, 3.63) is 22.8 Å². The summed E-state index contributed by atoms with van der Waals surface area (Å²) in [7, 11) is 0. The van der Waals surface area contributed by atoms with Crippen LogP contribution in [0.4, 0.5) is 0 Å². The molecule has 1 aliphatic carbocycles. The van der Waals surface area contributed by atoms with Gasteiger partial charge in [0.25, 0.3) is 0 Å². The van der Waals surface area contributed by atoms with Crippen LogP contribution >= 0.6 is 0 Å². The molecule has 1 N–H and O–H groups in total. The Kier molecular flexibility index (Phi) is 4.55. The highest BCUT2D eigenvalue weighted by atomic mass is 16.5. The van der Waals surface area contributed by atoms with E-state index in [-0.39, 0.29) is 0 Å². The highest BCUT2D eigenvalue weighted by molar-refractivity contribution is 5.28. The molecule has 0 amide bonds. The average Bonchev–Trinajstić information content (AvgIpc) is 3.12. The van der Waals surface area contributed by atoms with Gasteiger partial charge in [-0.25, -0.2) is 9.97 Å². The van der Waals surface area contributed by atoms with Crippen molar-refractivity contribution in [1.82, 2.24) is 15.3 Å². The molecule has 0 spiro atoms. The van der Waals surface area contributed by atoms with E-state index in [1.165, 1.54) is 24.8 Å². The lowest BCUT2D eigenvalue weighted by molar-refractivity contribution is 0.110. The summed E-state index contributed by atoms with van der Waals surface area (Å²) in [6.07, 6.45) is 6.17. The number of nitrogens with zero attached hydrogens (tertiary/aromatic N) is 2. The maximum atomic E-state index is 5.70. The topological polar surface area (TPSA) is 47.0 Å². The first-order chi connectivity index (χ1) is 10.1. The Labute approximate surface area is 127 Å². The Bertz CT molecular complexity index is 470. The fraction of sp³-hybridized carbons (Fsp3) is 0.765. The molecule has 1 aliphatic heterocycles. The third kappa shape index (κ3) is 3.80. The van der Waals surface area contributed by atoms with Gasteiger partial charge in [0.2, 0.25) is 0 Å². The normalized spacial score (nSPS) is 23.5. The predicted octanol–water partition coefficient (Wildman–Crippen LogP) is 2.67. The second kappa shape index (κ2) is 6.41. The first-order valence-corrected chi connectivity index (χ1v) is 8.32. The van der Waals surface area contributed by atoms with Crippen molar-refractivity contribution < 1.29 is 4.74 Å². The fourth-order valence-electron chi connectivity index (χ4n) is 3.34. The summed E-state index contributed by atoms with van der Waals surface area (Å²) in [6, 6.07) is 0.757. The van der Waals surface area contributed by atoms with Gasteiger partial charge in [0, 0.05) is 37.0 Å². The lowest BCUT2D eigenvalue weighted by Gasteiger charge is -2.18. The van der Waals surface area contributed by atoms with Crippen LogP contribution in [-0.2, 0) is 11.2 Å². The molecule has 2 aliphatic rings. The minimum absolute atomic E-state index is 0.323. The Morgan fingerprint density at radius 3 is 2.48 bits per heavy atom. The second-order valence-corrected chi connectivity index (χ2v) is 6.65. The SMILES string of the molecule is Cc1nc(CC2CCCO2)nc(C)c1C(C)CNC1CC1. The second-order valence-electron chi connectivity index (χ2n) is 6.65. The summed E-state index contributed by atoms with van der Waals surface area (Å²) in [5.74, 6) is 1.42. The van der Waals surface area contributed by atoms with Crippen molar-refractivity contribution in [3.63, 3.8) is 0 Å². The van der Waals surface area contributed by atoms with Crippen molar-refractivity contribution in [1.29, 1.82) is 0 Å². The fourth-order valence-corrected chi connectivity index (χ4v) is 3.34. The molecule has 1 aromatic heterocycles. The molecule has 4 nitrogen and oxygen atoms in total. The molecular weight excluding hydrogens is 262 g/mol. The molecule has 1 saturated heterocycles. The average molecular weight is 289 g/mol. The Morgan fingerprint density at radius 2 is 1.90 bits per heavy atom. The third-order valence-electron chi connectivity index (χ3n) is 4.59. The maximum absolute atomic E-state index is 5.70. The molecule has 2 atom stereocenters. The van der Waals surface area contributed by atoms with Gasteiger partial charge in [-0.05, 0) is 51.0 Å². The molecule has 1 saturated carbocycles. The zero-order chi connectivity index (χ0) is 14.8. The molecule has 3 rings (SSSR count). The molecule has 0 aromatic carbocycles. The Morgan fingerprint density at radius 1 is 1.19 bits per heavy atom. The van der Waals surface area contributed by atoms with Crippen LogP contribution in [0.15, 0.2) is 0 Å². The van der Waals surface area contributed by atoms with Crippen LogP contribution in [-0.4, -0.2) is 35.3 Å². The summed E-state index contributed by atoms with van der Waals surface area (Å²) in [5, 5.41) is 3.61. The van der Waals surface area contributed by atoms with Gasteiger partial charge in [-0.2, -0.15) is 0 Å². The van der Waals surface area contributed by atoms with Crippen LogP contribution in [0.25, 0.3) is 0 Å². The molecule has 4 heteroatoms. The summed E-state index contributed by atoms with van der Waals surface area (Å²) in [4.78, 5) is 9.48. The zero-order valence-corrected chi connectivity index (χ0v) is 13.5. The third-order valence-corrected chi connectivity index (χ3v) is 4.59. The van der Waals surface area contributed by atoms with Gasteiger partial charge < -0.3 is 10.1 Å². The van der Waals surface area contributed by atoms with Crippen molar-refractivity contribution in [3.8, 4) is 0 Å². The van der Waals surface area contributed by atoms with Crippen molar-refractivity contribution in [2.45, 2.75) is 70.9 Å². The number of aryl methyl sites for hydroxylation is 2. The number of nitrogens with one attached hydrogen (secondary N) is 1. The van der Waals surface area contributed by atoms with Gasteiger partial charge in [0.05, 0.1) is 6.10 Å². The van der Waals surface area contributed by atoms with Gasteiger partial charge in [-0.15, -0.1) is 0 Å². The molecule has 2 fully saturated rings. The minimum Gasteiger partial charge on any atom is -0.378 e. The smallest absolute Gasteiger partial charge is 0.131 e. The Balaban J connectivity index is 1.68. The van der Waals surface area contributed by atoms with Gasteiger partial charge in [0.15, 0.2) is 0 Å². The van der Waals surface area contributed by atoms with E-state index in [0.717, 1.165) is 49.2 Å². The summed E-state index contributed by atoms with van der Waals surface area (Å²) >= 11 is 0. The van der Waals surface area contributed by atoms with Crippen LogP contribution in [0.2, 0.25) is 0 Å². The van der Waals surface area contributed by atoms with E-state index in [2.05, 4.69) is 26.1 Å². The largest absolute Gasteiger partial charge is 0.378 e. The highest BCUT2D eigenvalue weighted by Gasteiger charge is 2.23. The summed E-state index contributed by atoms with van der Waals surface area (Å²) in [6.45, 7) is 8.44. The van der Waals surface area contributed by atoms with Gasteiger partial charge in [-0.3, -0.25) is 0 Å². The van der Waals surface area contributed by atoms with Gasteiger partial charge in [-0.1, -0.05) is 6.92 Å². The van der Waals surface area contributed by atoms with Crippen molar-refractivity contribution >= 4 is 0 Å². The predicted molar refractivity (Wildman–Crippen MR) is 83.6 cm³/mol. The monoisotopic (exact) mass is 289 g/mol. The lowest BCUT2D eigenvalue weighted by atomic mass is 9.97. The summed E-state index contributed by atoms with van der Waals surface area (Å²) < 4.78 is 5.70. The molecule has 0 bridgehead atoms. The molecule has 21 heavy (non-hydrogen) atoms. The number of hydrogen-bond acceptors (Lipinski definition) is 4. The molecule has 2 heterocycles. The van der Waals surface area contributed by atoms with Crippen LogP contribution < -0.4 is 5.32 Å². The van der Waals surface area contributed by atoms with Gasteiger partial charge >= 0.3 is 0 Å². The highest BCUT2D eigenvalue weighted by Crippen LogP contribution is 2.24. The molecule has 2 unspecified atom stereocenters. The van der Waals surface area contributed by atoms with E-state index in [1.54, 1.807) is 0 Å². The van der Waals surface area contributed by atoms with Gasteiger partial charge in [0.1, 0.15) is 5.82 Å². The number of aromatic nitrogens is 2. The maximum Gasteiger partial charge on any atom is 0.131 e. The molecule has 116 valence electrons.